The number of benzene rings is 4. The minimum atomic E-state index is 1.25. The molecule has 0 atom stereocenters. The number of rotatable bonds is 3. The fourth-order valence-electron chi connectivity index (χ4n) is 3.45. The fourth-order valence-corrected chi connectivity index (χ4v) is 3.45. The highest BCUT2D eigenvalue weighted by Crippen LogP contribution is 2.35. The molecular formula is C25H20. The molecule has 0 fully saturated rings. The number of allylic oxidation sites excluding steroid dienone is 1. The Kier molecular flexibility index (Phi) is 4.18. The first-order chi connectivity index (χ1) is 12.3. The van der Waals surface area contributed by atoms with Crippen molar-refractivity contribution in [1.29, 1.82) is 0 Å². The molecule has 0 aromatic heterocycles. The van der Waals surface area contributed by atoms with E-state index in [4.69, 9.17) is 0 Å². The van der Waals surface area contributed by atoms with E-state index in [2.05, 4.69) is 110 Å². The summed E-state index contributed by atoms with van der Waals surface area (Å²) in [6, 6.07) is 36.5. The summed E-state index contributed by atoms with van der Waals surface area (Å²) in [5.74, 6) is 0. The van der Waals surface area contributed by atoms with Crippen molar-refractivity contribution in [3.63, 3.8) is 0 Å². The van der Waals surface area contributed by atoms with Gasteiger partial charge in [-0.2, -0.15) is 0 Å². The minimum Gasteiger partial charge on any atom is -0.0622 e. The predicted molar refractivity (Wildman–Crippen MR) is 108 cm³/mol. The first-order valence-electron chi connectivity index (χ1n) is 8.64. The molecule has 0 aliphatic rings. The average Bonchev–Trinajstić information content (AvgIpc) is 2.70. The van der Waals surface area contributed by atoms with Crippen LogP contribution in [0.3, 0.4) is 0 Å². The molecule has 0 saturated carbocycles. The van der Waals surface area contributed by atoms with Crippen molar-refractivity contribution < 1.29 is 0 Å². The molecule has 0 aliphatic heterocycles. The van der Waals surface area contributed by atoms with Gasteiger partial charge in [-0.3, -0.25) is 0 Å². The Morgan fingerprint density at radius 1 is 0.520 bits per heavy atom. The molecule has 0 nitrogen and oxygen atoms in total. The number of hydrogen-bond donors (Lipinski definition) is 0. The second kappa shape index (κ2) is 6.78. The van der Waals surface area contributed by atoms with E-state index < -0.39 is 0 Å². The van der Waals surface area contributed by atoms with Gasteiger partial charge in [-0.05, 0) is 45.5 Å². The summed E-state index contributed by atoms with van der Waals surface area (Å²) in [4.78, 5) is 0. The van der Waals surface area contributed by atoms with Crippen molar-refractivity contribution in [1.82, 2.24) is 0 Å². The van der Waals surface area contributed by atoms with Gasteiger partial charge < -0.3 is 0 Å². The van der Waals surface area contributed by atoms with Gasteiger partial charge >= 0.3 is 0 Å². The van der Waals surface area contributed by atoms with E-state index in [9.17, 15) is 0 Å². The summed E-state index contributed by atoms with van der Waals surface area (Å²) in [7, 11) is 0. The lowest BCUT2D eigenvalue weighted by atomic mass is 9.88. The Morgan fingerprint density at radius 3 is 1.80 bits per heavy atom. The highest BCUT2D eigenvalue weighted by Gasteiger charge is 2.13. The van der Waals surface area contributed by atoms with Gasteiger partial charge in [0.05, 0.1) is 0 Å². The SMILES string of the molecule is C/C(=C(/c1ccccc1)c1cccc2ccccc12)c1ccccc1. The molecule has 0 spiro atoms. The monoisotopic (exact) mass is 320 g/mol. The van der Waals surface area contributed by atoms with Crippen LogP contribution in [0.1, 0.15) is 23.6 Å². The van der Waals surface area contributed by atoms with Gasteiger partial charge in [-0.15, -0.1) is 0 Å². The molecule has 0 amide bonds. The summed E-state index contributed by atoms with van der Waals surface area (Å²) < 4.78 is 0. The Balaban J connectivity index is 2.05. The third-order valence-electron chi connectivity index (χ3n) is 4.70. The fraction of sp³-hybridized carbons (Fsp3) is 0.0400. The summed E-state index contributed by atoms with van der Waals surface area (Å²) in [6.45, 7) is 2.22. The van der Waals surface area contributed by atoms with Crippen LogP contribution in [0.2, 0.25) is 0 Å². The molecule has 0 heterocycles. The molecule has 4 aromatic carbocycles. The Bertz CT molecular complexity index is 1020. The zero-order valence-corrected chi connectivity index (χ0v) is 14.3. The first-order valence-corrected chi connectivity index (χ1v) is 8.64. The van der Waals surface area contributed by atoms with Crippen molar-refractivity contribution >= 4 is 21.9 Å². The minimum absolute atomic E-state index is 1.25. The van der Waals surface area contributed by atoms with Gasteiger partial charge in [0, 0.05) is 0 Å². The summed E-state index contributed by atoms with van der Waals surface area (Å²) >= 11 is 0. The van der Waals surface area contributed by atoms with Crippen LogP contribution in [-0.4, -0.2) is 0 Å². The molecule has 0 unspecified atom stereocenters. The lowest BCUT2D eigenvalue weighted by Gasteiger charge is -2.16. The summed E-state index contributed by atoms with van der Waals surface area (Å²) in [5.41, 5.74) is 6.38. The molecule has 4 rings (SSSR count). The normalized spacial score (nSPS) is 12.0. The largest absolute Gasteiger partial charge is 0.0622 e. The van der Waals surface area contributed by atoms with Gasteiger partial charge in [-0.25, -0.2) is 0 Å². The van der Waals surface area contributed by atoms with E-state index in [0.717, 1.165) is 0 Å². The van der Waals surface area contributed by atoms with E-state index in [1.807, 2.05) is 0 Å². The second-order valence-electron chi connectivity index (χ2n) is 6.26. The van der Waals surface area contributed by atoms with E-state index in [0.29, 0.717) is 0 Å². The van der Waals surface area contributed by atoms with Crippen molar-refractivity contribution in [2.45, 2.75) is 6.92 Å². The van der Waals surface area contributed by atoms with Crippen LogP contribution in [0.4, 0.5) is 0 Å². The van der Waals surface area contributed by atoms with Gasteiger partial charge in [0.1, 0.15) is 0 Å². The zero-order chi connectivity index (χ0) is 17.1. The van der Waals surface area contributed by atoms with Gasteiger partial charge in [0.2, 0.25) is 0 Å². The van der Waals surface area contributed by atoms with E-state index in [1.165, 1.54) is 38.6 Å². The van der Waals surface area contributed by atoms with E-state index >= 15 is 0 Å². The van der Waals surface area contributed by atoms with Crippen molar-refractivity contribution in [3.05, 3.63) is 120 Å². The van der Waals surface area contributed by atoms with Gasteiger partial charge in [0.25, 0.3) is 0 Å². The molecule has 0 aliphatic carbocycles. The van der Waals surface area contributed by atoms with Crippen LogP contribution in [-0.2, 0) is 0 Å². The lowest BCUT2D eigenvalue weighted by Crippen LogP contribution is -1.94. The lowest BCUT2D eigenvalue weighted by molar-refractivity contribution is 1.52. The van der Waals surface area contributed by atoms with Crippen LogP contribution in [0.15, 0.2) is 103 Å². The van der Waals surface area contributed by atoms with Crippen LogP contribution in [0, 0.1) is 0 Å². The molecule has 0 heteroatoms. The smallest absolute Gasteiger partial charge is 0.00699 e. The Labute approximate surface area is 149 Å². The molecule has 4 aromatic rings. The van der Waals surface area contributed by atoms with E-state index in [1.54, 1.807) is 0 Å². The van der Waals surface area contributed by atoms with Crippen molar-refractivity contribution in [3.8, 4) is 0 Å². The van der Waals surface area contributed by atoms with Crippen LogP contribution in [0.25, 0.3) is 21.9 Å². The average molecular weight is 320 g/mol. The van der Waals surface area contributed by atoms with Crippen LogP contribution < -0.4 is 0 Å². The Morgan fingerprint density at radius 2 is 1.08 bits per heavy atom. The first kappa shape index (κ1) is 15.4. The predicted octanol–water partition coefficient (Wildman–Crippen LogP) is 6.82. The summed E-state index contributed by atoms with van der Waals surface area (Å²) in [5, 5.41) is 2.56. The molecule has 0 N–H and O–H groups in total. The van der Waals surface area contributed by atoms with Crippen molar-refractivity contribution in [2.24, 2.45) is 0 Å². The third kappa shape index (κ3) is 2.99. The molecule has 120 valence electrons. The second-order valence-corrected chi connectivity index (χ2v) is 6.26. The Hall–Kier alpha value is -3.12. The molecular weight excluding hydrogens is 300 g/mol. The third-order valence-corrected chi connectivity index (χ3v) is 4.70. The summed E-state index contributed by atoms with van der Waals surface area (Å²) in [6.07, 6.45) is 0. The number of hydrogen-bond acceptors (Lipinski definition) is 0. The van der Waals surface area contributed by atoms with E-state index in [-0.39, 0.29) is 0 Å². The zero-order valence-electron chi connectivity index (χ0n) is 14.3. The molecule has 0 bridgehead atoms. The molecule has 0 radical (unpaired) electrons. The van der Waals surface area contributed by atoms with Crippen LogP contribution in [0.5, 0.6) is 0 Å². The maximum absolute atomic E-state index is 2.23. The highest BCUT2D eigenvalue weighted by atomic mass is 14.2. The molecule has 25 heavy (non-hydrogen) atoms. The quantitative estimate of drug-likeness (QED) is 0.363. The highest BCUT2D eigenvalue weighted by molar-refractivity contribution is 6.05. The maximum atomic E-state index is 2.23. The van der Waals surface area contributed by atoms with Crippen molar-refractivity contribution in [2.75, 3.05) is 0 Å². The number of fused-ring (bicyclic) bond motifs is 1. The topological polar surface area (TPSA) is 0 Å². The standard InChI is InChI=1S/C25H20/c1-19(20-11-4-2-5-12-20)25(22-14-6-3-7-15-22)24-18-10-16-21-13-8-9-17-23(21)24/h2-18H,1H3/b25-19+. The van der Waals surface area contributed by atoms with Gasteiger partial charge in [0.15, 0.2) is 0 Å². The molecule has 0 saturated heterocycles. The van der Waals surface area contributed by atoms with Crippen LogP contribution >= 0.6 is 0 Å². The maximum Gasteiger partial charge on any atom is -0.00699 e. The van der Waals surface area contributed by atoms with Gasteiger partial charge in [-0.1, -0.05) is 103 Å².